The van der Waals surface area contributed by atoms with Crippen molar-refractivity contribution in [2.75, 3.05) is 0 Å². The molecular formula is C15H15F3. The standard InChI is InChI=1S/C15H15F3/c1-3-5-14(15(16,17)18)7-4-6-13-10-8-12(2)9-11-13/h3-5,7-11H,1,6H2,2H3/b7-4-,14-5+. The van der Waals surface area contributed by atoms with Crippen LogP contribution in [-0.2, 0) is 6.42 Å². The van der Waals surface area contributed by atoms with Crippen LogP contribution in [0.5, 0.6) is 0 Å². The number of hydrogen-bond donors (Lipinski definition) is 0. The fraction of sp³-hybridized carbons (Fsp3) is 0.200. The van der Waals surface area contributed by atoms with Crippen molar-refractivity contribution in [3.05, 3.63) is 71.8 Å². The SMILES string of the molecule is C=C/C=C(\C=C/Cc1ccc(C)cc1)C(F)(F)F. The fourth-order valence-corrected chi connectivity index (χ4v) is 1.42. The van der Waals surface area contributed by atoms with E-state index < -0.39 is 11.7 Å². The molecule has 0 aliphatic carbocycles. The van der Waals surface area contributed by atoms with Crippen molar-refractivity contribution in [2.45, 2.75) is 19.5 Å². The van der Waals surface area contributed by atoms with E-state index in [0.717, 1.165) is 29.4 Å². The third kappa shape index (κ3) is 4.62. The van der Waals surface area contributed by atoms with Gasteiger partial charge in [0.25, 0.3) is 0 Å². The molecule has 0 saturated carbocycles. The number of alkyl halides is 3. The first-order chi connectivity index (χ1) is 8.43. The van der Waals surface area contributed by atoms with Crippen molar-refractivity contribution in [3.63, 3.8) is 0 Å². The lowest BCUT2D eigenvalue weighted by atomic mass is 10.1. The maximum atomic E-state index is 12.5. The molecular weight excluding hydrogens is 237 g/mol. The quantitative estimate of drug-likeness (QED) is 0.677. The highest BCUT2D eigenvalue weighted by atomic mass is 19.4. The number of hydrogen-bond acceptors (Lipinski definition) is 0. The molecule has 0 aliphatic rings. The van der Waals surface area contributed by atoms with Gasteiger partial charge in [0.1, 0.15) is 0 Å². The van der Waals surface area contributed by atoms with E-state index in [1.165, 1.54) is 6.08 Å². The molecule has 0 saturated heterocycles. The summed E-state index contributed by atoms with van der Waals surface area (Å²) in [5.41, 5.74) is 1.42. The van der Waals surface area contributed by atoms with E-state index in [0.29, 0.717) is 6.42 Å². The average Bonchev–Trinajstić information content (AvgIpc) is 2.29. The van der Waals surface area contributed by atoms with Crippen LogP contribution in [0.4, 0.5) is 13.2 Å². The summed E-state index contributed by atoms with van der Waals surface area (Å²) in [6.45, 7) is 5.25. The van der Waals surface area contributed by atoms with Gasteiger partial charge in [-0.3, -0.25) is 0 Å². The maximum absolute atomic E-state index is 12.5. The lowest BCUT2D eigenvalue weighted by Crippen LogP contribution is -2.09. The van der Waals surface area contributed by atoms with E-state index in [4.69, 9.17) is 0 Å². The summed E-state index contributed by atoms with van der Waals surface area (Å²) in [5, 5.41) is 0. The van der Waals surface area contributed by atoms with E-state index in [9.17, 15) is 13.2 Å². The van der Waals surface area contributed by atoms with Crippen molar-refractivity contribution < 1.29 is 13.2 Å². The summed E-state index contributed by atoms with van der Waals surface area (Å²) in [6, 6.07) is 7.69. The van der Waals surface area contributed by atoms with Crippen LogP contribution in [0.1, 0.15) is 11.1 Å². The van der Waals surface area contributed by atoms with Gasteiger partial charge in [-0.1, -0.05) is 60.7 Å². The normalized spacial score (nSPS) is 13.0. The molecule has 0 aliphatic heterocycles. The molecule has 1 aromatic carbocycles. The minimum absolute atomic E-state index is 0.477. The van der Waals surface area contributed by atoms with Gasteiger partial charge in [0.15, 0.2) is 0 Å². The van der Waals surface area contributed by atoms with Crippen LogP contribution in [0.25, 0.3) is 0 Å². The van der Waals surface area contributed by atoms with Gasteiger partial charge < -0.3 is 0 Å². The molecule has 0 fully saturated rings. The monoisotopic (exact) mass is 252 g/mol. The van der Waals surface area contributed by atoms with Crippen LogP contribution in [0.2, 0.25) is 0 Å². The molecule has 18 heavy (non-hydrogen) atoms. The summed E-state index contributed by atoms with van der Waals surface area (Å²) in [4.78, 5) is 0. The minimum atomic E-state index is -4.34. The van der Waals surface area contributed by atoms with Gasteiger partial charge in [-0.25, -0.2) is 0 Å². The van der Waals surface area contributed by atoms with Gasteiger partial charge in [0.2, 0.25) is 0 Å². The van der Waals surface area contributed by atoms with Gasteiger partial charge in [-0.05, 0) is 18.9 Å². The van der Waals surface area contributed by atoms with Crippen molar-refractivity contribution in [3.8, 4) is 0 Å². The molecule has 0 amide bonds. The topological polar surface area (TPSA) is 0 Å². The molecule has 0 unspecified atom stereocenters. The number of benzene rings is 1. The zero-order valence-electron chi connectivity index (χ0n) is 10.2. The van der Waals surface area contributed by atoms with E-state index >= 15 is 0 Å². The molecule has 3 heteroatoms. The second-order valence-electron chi connectivity index (χ2n) is 3.95. The molecule has 0 radical (unpaired) electrons. The third-order valence-electron chi connectivity index (χ3n) is 2.40. The summed E-state index contributed by atoms with van der Waals surface area (Å²) in [6.07, 6.45) is 0.836. The molecule has 1 rings (SSSR count). The Morgan fingerprint density at radius 1 is 1.22 bits per heavy atom. The lowest BCUT2D eigenvalue weighted by molar-refractivity contribution is -0.0881. The highest BCUT2D eigenvalue weighted by Crippen LogP contribution is 2.26. The number of allylic oxidation sites excluding steroid dienone is 5. The second kappa shape index (κ2) is 6.24. The number of rotatable bonds is 4. The van der Waals surface area contributed by atoms with Crippen LogP contribution >= 0.6 is 0 Å². The van der Waals surface area contributed by atoms with E-state index in [-0.39, 0.29) is 0 Å². The molecule has 0 atom stereocenters. The molecule has 0 heterocycles. The third-order valence-corrected chi connectivity index (χ3v) is 2.40. The highest BCUT2D eigenvalue weighted by molar-refractivity contribution is 5.29. The van der Waals surface area contributed by atoms with Gasteiger partial charge in [-0.2, -0.15) is 13.2 Å². The Morgan fingerprint density at radius 2 is 1.83 bits per heavy atom. The van der Waals surface area contributed by atoms with E-state index in [1.54, 1.807) is 0 Å². The fourth-order valence-electron chi connectivity index (χ4n) is 1.42. The van der Waals surface area contributed by atoms with Crippen LogP contribution < -0.4 is 0 Å². The predicted molar refractivity (Wildman–Crippen MR) is 68.4 cm³/mol. The summed E-state index contributed by atoms with van der Waals surface area (Å²) in [7, 11) is 0. The smallest absolute Gasteiger partial charge is 0.166 e. The van der Waals surface area contributed by atoms with Gasteiger partial charge in [-0.15, -0.1) is 0 Å². The van der Waals surface area contributed by atoms with Crippen LogP contribution in [0.15, 0.2) is 60.7 Å². The first-order valence-corrected chi connectivity index (χ1v) is 5.55. The van der Waals surface area contributed by atoms with Crippen LogP contribution in [0, 0.1) is 6.92 Å². The average molecular weight is 252 g/mol. The van der Waals surface area contributed by atoms with Crippen molar-refractivity contribution >= 4 is 0 Å². The van der Waals surface area contributed by atoms with E-state index in [1.807, 2.05) is 31.2 Å². The summed E-state index contributed by atoms with van der Waals surface area (Å²) in [5.74, 6) is 0. The van der Waals surface area contributed by atoms with Gasteiger partial charge in [0, 0.05) is 0 Å². The van der Waals surface area contributed by atoms with E-state index in [2.05, 4.69) is 6.58 Å². The highest BCUT2D eigenvalue weighted by Gasteiger charge is 2.30. The van der Waals surface area contributed by atoms with Crippen molar-refractivity contribution in [1.82, 2.24) is 0 Å². The Labute approximate surface area is 105 Å². The van der Waals surface area contributed by atoms with Gasteiger partial charge in [0.05, 0.1) is 5.57 Å². The molecule has 0 bridgehead atoms. The predicted octanol–water partition coefficient (Wildman–Crippen LogP) is 4.77. The van der Waals surface area contributed by atoms with Gasteiger partial charge >= 0.3 is 6.18 Å². The van der Waals surface area contributed by atoms with Crippen LogP contribution in [-0.4, -0.2) is 6.18 Å². The Kier molecular flexibility index (Phi) is 4.95. The Bertz CT molecular complexity index is 448. The Morgan fingerprint density at radius 3 is 2.33 bits per heavy atom. The minimum Gasteiger partial charge on any atom is -0.166 e. The molecule has 0 N–H and O–H groups in total. The Hall–Kier alpha value is -1.77. The first-order valence-electron chi connectivity index (χ1n) is 5.55. The zero-order valence-corrected chi connectivity index (χ0v) is 10.2. The largest absolute Gasteiger partial charge is 0.416 e. The van der Waals surface area contributed by atoms with Crippen LogP contribution in [0.3, 0.4) is 0 Å². The molecule has 96 valence electrons. The number of aryl methyl sites for hydroxylation is 1. The first kappa shape index (κ1) is 14.3. The molecule has 1 aromatic rings. The Balaban J connectivity index is 2.71. The molecule has 0 spiro atoms. The number of halogens is 3. The molecule has 0 aromatic heterocycles. The lowest BCUT2D eigenvalue weighted by Gasteiger charge is -2.06. The van der Waals surface area contributed by atoms with Crippen molar-refractivity contribution in [2.24, 2.45) is 0 Å². The summed E-state index contributed by atoms with van der Waals surface area (Å²) < 4.78 is 37.6. The van der Waals surface area contributed by atoms with Crippen molar-refractivity contribution in [1.29, 1.82) is 0 Å². The zero-order chi connectivity index (χ0) is 13.6. The summed E-state index contributed by atoms with van der Waals surface area (Å²) >= 11 is 0. The maximum Gasteiger partial charge on any atom is 0.416 e. The second-order valence-corrected chi connectivity index (χ2v) is 3.95. The molecule has 0 nitrogen and oxygen atoms in total.